The summed E-state index contributed by atoms with van der Waals surface area (Å²) in [6, 6.07) is -1.11. The number of aliphatic hydroxyl groups is 2. The van der Waals surface area contributed by atoms with E-state index in [1.807, 2.05) is 0 Å². The summed E-state index contributed by atoms with van der Waals surface area (Å²) in [6.07, 6.45) is 22.1. The highest BCUT2D eigenvalue weighted by Crippen LogP contribution is 2.16. The molecule has 4 unspecified atom stereocenters. The summed E-state index contributed by atoms with van der Waals surface area (Å²) in [6.45, 7) is 2.27. The summed E-state index contributed by atoms with van der Waals surface area (Å²) in [5.41, 5.74) is 11.5. The van der Waals surface area contributed by atoms with Gasteiger partial charge in [-0.05, 0) is 32.1 Å². The fourth-order valence-corrected chi connectivity index (χ4v) is 4.40. The van der Waals surface area contributed by atoms with Gasteiger partial charge in [0.2, 0.25) is 0 Å². The van der Waals surface area contributed by atoms with Gasteiger partial charge >= 0.3 is 5.97 Å². The van der Waals surface area contributed by atoms with Crippen LogP contribution in [0.3, 0.4) is 0 Å². The standard InChI is InChI=1S/C27H56N2O4/c1-2-3-4-5-6-7-8-9-10-11-12-13-14-15-16-17-21-25(30)26(31)22-23(28)19-18-20-24(29)27(32)33/h23-26,30-31H,2-22,28-29H2,1H3,(H,32,33). The van der Waals surface area contributed by atoms with Gasteiger partial charge in [-0.1, -0.05) is 110 Å². The third-order valence-corrected chi connectivity index (χ3v) is 6.75. The van der Waals surface area contributed by atoms with Gasteiger partial charge in [0.25, 0.3) is 0 Å². The van der Waals surface area contributed by atoms with Crippen LogP contribution in [0, 0.1) is 0 Å². The van der Waals surface area contributed by atoms with Crippen molar-refractivity contribution in [2.75, 3.05) is 0 Å². The number of carboxylic acids is 1. The average Bonchev–Trinajstić information content (AvgIpc) is 2.78. The van der Waals surface area contributed by atoms with Gasteiger partial charge in [0, 0.05) is 6.04 Å². The highest BCUT2D eigenvalue weighted by Gasteiger charge is 2.19. The van der Waals surface area contributed by atoms with Gasteiger partial charge in [-0.25, -0.2) is 0 Å². The first-order chi connectivity index (χ1) is 15.9. The van der Waals surface area contributed by atoms with E-state index in [4.69, 9.17) is 16.6 Å². The largest absolute Gasteiger partial charge is 0.480 e. The number of aliphatic hydroxyl groups excluding tert-OH is 2. The molecule has 6 nitrogen and oxygen atoms in total. The zero-order valence-corrected chi connectivity index (χ0v) is 21.6. The summed E-state index contributed by atoms with van der Waals surface area (Å²) in [5, 5.41) is 29.1. The fraction of sp³-hybridized carbons (Fsp3) is 0.963. The molecule has 0 aromatic rings. The Balaban J connectivity index is 3.45. The molecule has 0 aliphatic rings. The van der Waals surface area contributed by atoms with E-state index >= 15 is 0 Å². The molecule has 0 heterocycles. The molecular weight excluding hydrogens is 416 g/mol. The first-order valence-electron chi connectivity index (χ1n) is 14.0. The van der Waals surface area contributed by atoms with Gasteiger partial charge < -0.3 is 26.8 Å². The van der Waals surface area contributed by atoms with E-state index in [2.05, 4.69) is 6.92 Å². The molecule has 0 aromatic heterocycles. The van der Waals surface area contributed by atoms with E-state index in [1.54, 1.807) is 0 Å². The lowest BCUT2D eigenvalue weighted by molar-refractivity contribution is -0.138. The smallest absolute Gasteiger partial charge is 0.320 e. The number of hydrogen-bond donors (Lipinski definition) is 5. The number of rotatable bonds is 25. The minimum absolute atomic E-state index is 0.249. The number of carbonyl (C=O) groups is 1. The lowest BCUT2D eigenvalue weighted by Gasteiger charge is -2.21. The molecule has 0 saturated carbocycles. The number of hydrogen-bond acceptors (Lipinski definition) is 5. The van der Waals surface area contributed by atoms with Crippen LogP contribution in [0.1, 0.15) is 142 Å². The maximum Gasteiger partial charge on any atom is 0.320 e. The van der Waals surface area contributed by atoms with E-state index < -0.39 is 24.2 Å². The van der Waals surface area contributed by atoms with Crippen molar-refractivity contribution in [1.82, 2.24) is 0 Å². The van der Waals surface area contributed by atoms with Crippen molar-refractivity contribution in [2.24, 2.45) is 11.5 Å². The summed E-state index contributed by atoms with van der Waals surface area (Å²) in [5.74, 6) is -1.00. The Labute approximate surface area is 203 Å². The van der Waals surface area contributed by atoms with Crippen LogP contribution in [0.25, 0.3) is 0 Å². The second-order valence-electron chi connectivity index (χ2n) is 10.1. The quantitative estimate of drug-likeness (QED) is 0.109. The molecule has 0 aliphatic carbocycles. The summed E-state index contributed by atoms with van der Waals surface area (Å²) >= 11 is 0. The minimum atomic E-state index is -1.00. The molecule has 7 N–H and O–H groups in total. The molecule has 0 aliphatic heterocycles. The van der Waals surface area contributed by atoms with Crippen LogP contribution in [0.15, 0.2) is 0 Å². The van der Waals surface area contributed by atoms with Crippen LogP contribution in [-0.4, -0.2) is 45.6 Å². The number of aliphatic carboxylic acids is 1. The predicted molar refractivity (Wildman–Crippen MR) is 138 cm³/mol. The van der Waals surface area contributed by atoms with Crippen LogP contribution in [-0.2, 0) is 4.79 Å². The Kier molecular flexibility index (Phi) is 22.6. The van der Waals surface area contributed by atoms with E-state index in [0.29, 0.717) is 32.1 Å². The molecule has 0 radical (unpaired) electrons. The van der Waals surface area contributed by atoms with Gasteiger partial charge in [0.1, 0.15) is 6.04 Å². The summed E-state index contributed by atoms with van der Waals surface area (Å²) in [4.78, 5) is 10.7. The maximum absolute atomic E-state index is 10.7. The van der Waals surface area contributed by atoms with Crippen molar-refractivity contribution in [1.29, 1.82) is 0 Å². The second-order valence-corrected chi connectivity index (χ2v) is 10.1. The monoisotopic (exact) mass is 472 g/mol. The molecule has 0 rings (SSSR count). The second kappa shape index (κ2) is 23.1. The predicted octanol–water partition coefficient (Wildman–Crippen LogP) is 5.66. The van der Waals surface area contributed by atoms with E-state index in [0.717, 1.165) is 12.8 Å². The third kappa shape index (κ3) is 21.6. The highest BCUT2D eigenvalue weighted by molar-refractivity contribution is 5.72. The molecule has 6 heteroatoms. The van der Waals surface area contributed by atoms with Crippen molar-refractivity contribution in [2.45, 2.75) is 166 Å². The van der Waals surface area contributed by atoms with Gasteiger partial charge in [0.05, 0.1) is 12.2 Å². The Morgan fingerprint density at radius 1 is 0.606 bits per heavy atom. The Bertz CT molecular complexity index is 436. The lowest BCUT2D eigenvalue weighted by atomic mass is 9.96. The van der Waals surface area contributed by atoms with Gasteiger partial charge in [0.15, 0.2) is 0 Å². The molecule has 33 heavy (non-hydrogen) atoms. The number of nitrogens with two attached hydrogens (primary N) is 2. The summed E-state index contributed by atoms with van der Waals surface area (Å²) < 4.78 is 0. The molecule has 0 fully saturated rings. The molecular formula is C27H56N2O4. The Morgan fingerprint density at radius 2 is 1.03 bits per heavy atom. The van der Waals surface area contributed by atoms with Crippen LogP contribution in [0.4, 0.5) is 0 Å². The van der Waals surface area contributed by atoms with Gasteiger partial charge in [-0.15, -0.1) is 0 Å². The van der Waals surface area contributed by atoms with Crippen molar-refractivity contribution in [3.8, 4) is 0 Å². The van der Waals surface area contributed by atoms with Crippen LogP contribution in [0.2, 0.25) is 0 Å². The molecule has 0 saturated heterocycles. The van der Waals surface area contributed by atoms with Crippen molar-refractivity contribution in [3.63, 3.8) is 0 Å². The Morgan fingerprint density at radius 3 is 1.45 bits per heavy atom. The van der Waals surface area contributed by atoms with Crippen LogP contribution >= 0.6 is 0 Å². The van der Waals surface area contributed by atoms with E-state index in [9.17, 15) is 15.0 Å². The van der Waals surface area contributed by atoms with Crippen molar-refractivity contribution < 1.29 is 20.1 Å². The van der Waals surface area contributed by atoms with Gasteiger partial charge in [-0.3, -0.25) is 4.79 Å². The average molecular weight is 473 g/mol. The van der Waals surface area contributed by atoms with Crippen molar-refractivity contribution in [3.05, 3.63) is 0 Å². The number of carboxylic acid groups (broad SMARTS) is 1. The molecule has 4 atom stereocenters. The van der Waals surface area contributed by atoms with Crippen LogP contribution in [0.5, 0.6) is 0 Å². The maximum atomic E-state index is 10.7. The topological polar surface area (TPSA) is 130 Å². The zero-order chi connectivity index (χ0) is 24.7. The molecule has 0 amide bonds. The van der Waals surface area contributed by atoms with Gasteiger partial charge in [-0.2, -0.15) is 0 Å². The third-order valence-electron chi connectivity index (χ3n) is 6.75. The molecule has 0 spiro atoms. The summed E-state index contributed by atoms with van der Waals surface area (Å²) in [7, 11) is 0. The highest BCUT2D eigenvalue weighted by atomic mass is 16.4. The van der Waals surface area contributed by atoms with E-state index in [1.165, 1.54) is 89.9 Å². The molecule has 0 aromatic carbocycles. The first kappa shape index (κ1) is 32.3. The SMILES string of the molecule is CCCCCCCCCCCCCCCCCCC(O)C(O)CC(N)CCCC(N)C(=O)O. The fourth-order valence-electron chi connectivity index (χ4n) is 4.40. The Hall–Kier alpha value is -0.690. The number of unbranched alkanes of at least 4 members (excludes halogenated alkanes) is 15. The zero-order valence-electron chi connectivity index (χ0n) is 21.6. The first-order valence-corrected chi connectivity index (χ1v) is 14.0. The minimum Gasteiger partial charge on any atom is -0.480 e. The lowest BCUT2D eigenvalue weighted by Crippen LogP contribution is -2.34. The molecule has 198 valence electrons. The van der Waals surface area contributed by atoms with Crippen LogP contribution < -0.4 is 11.5 Å². The van der Waals surface area contributed by atoms with E-state index in [-0.39, 0.29) is 6.04 Å². The molecule has 0 bridgehead atoms. The van der Waals surface area contributed by atoms with Crippen molar-refractivity contribution >= 4 is 5.97 Å². The normalized spacial score (nSPS) is 15.3.